The molecular formula is C21H22F3N3O5S. The summed E-state index contributed by atoms with van der Waals surface area (Å²) in [5, 5.41) is 4.79. The minimum absolute atomic E-state index is 0.100. The number of nitrogens with zero attached hydrogens (tertiary/aromatic N) is 1. The standard InChI is InChI=1S/C21H22F3N3O5S/c1-3-31-18(28)16-12-9-10-27(20(30)32-4-2)11-15(12)33-17(16)26-19(29)25-14-8-6-5-7-13(14)21(22,23)24/h5-8H,3-4,9-11H2,1-2H3,(H2,25,26,29). The number of fused-ring (bicyclic) bond motifs is 1. The van der Waals surface area contributed by atoms with Gasteiger partial charge in [-0.2, -0.15) is 13.2 Å². The molecule has 178 valence electrons. The summed E-state index contributed by atoms with van der Waals surface area (Å²) in [5.41, 5.74) is -0.652. The average Bonchev–Trinajstić information content (AvgIpc) is 3.10. The second-order valence-electron chi connectivity index (χ2n) is 6.92. The Balaban J connectivity index is 1.87. The first kappa shape index (κ1) is 24.4. The van der Waals surface area contributed by atoms with Crippen molar-refractivity contribution in [2.75, 3.05) is 30.4 Å². The molecule has 1 aromatic heterocycles. The zero-order valence-corrected chi connectivity index (χ0v) is 18.7. The van der Waals surface area contributed by atoms with Crippen molar-refractivity contribution in [1.29, 1.82) is 0 Å². The van der Waals surface area contributed by atoms with Gasteiger partial charge in [0.1, 0.15) is 5.00 Å². The second-order valence-corrected chi connectivity index (χ2v) is 8.03. The number of esters is 1. The third kappa shape index (κ3) is 5.56. The second kappa shape index (κ2) is 10.1. The summed E-state index contributed by atoms with van der Waals surface area (Å²) in [6, 6.07) is 3.62. The maximum atomic E-state index is 13.2. The van der Waals surface area contributed by atoms with Crippen molar-refractivity contribution in [3.05, 3.63) is 45.8 Å². The fraction of sp³-hybridized carbons (Fsp3) is 0.381. The molecule has 8 nitrogen and oxygen atoms in total. The molecule has 1 aliphatic heterocycles. The van der Waals surface area contributed by atoms with Crippen LogP contribution >= 0.6 is 11.3 Å². The van der Waals surface area contributed by atoms with E-state index in [2.05, 4.69) is 10.6 Å². The number of urea groups is 1. The number of ether oxygens (including phenoxy) is 2. The molecule has 0 aliphatic carbocycles. The number of rotatable bonds is 5. The van der Waals surface area contributed by atoms with E-state index in [1.165, 1.54) is 17.0 Å². The van der Waals surface area contributed by atoms with Gasteiger partial charge in [-0.15, -0.1) is 11.3 Å². The van der Waals surface area contributed by atoms with E-state index in [0.717, 1.165) is 23.5 Å². The van der Waals surface area contributed by atoms with Gasteiger partial charge < -0.3 is 19.7 Å². The summed E-state index contributed by atoms with van der Waals surface area (Å²) in [6.45, 7) is 4.11. The SMILES string of the molecule is CCOC(=O)c1c(NC(=O)Nc2ccccc2C(F)(F)F)sc2c1CCN(C(=O)OCC)C2. The number of hydrogen-bond acceptors (Lipinski definition) is 6. The van der Waals surface area contributed by atoms with Crippen LogP contribution in [0.3, 0.4) is 0 Å². The third-order valence-corrected chi connectivity index (χ3v) is 5.90. The molecule has 0 spiro atoms. The molecule has 0 saturated carbocycles. The van der Waals surface area contributed by atoms with Gasteiger partial charge in [0.05, 0.1) is 36.6 Å². The highest BCUT2D eigenvalue weighted by Crippen LogP contribution is 2.38. The van der Waals surface area contributed by atoms with Gasteiger partial charge in [0, 0.05) is 11.4 Å². The summed E-state index contributed by atoms with van der Waals surface area (Å²) < 4.78 is 49.8. The number of para-hydroxylation sites is 1. The molecule has 1 aromatic carbocycles. The predicted octanol–water partition coefficient (Wildman–Crippen LogP) is 5.10. The molecule has 0 bridgehead atoms. The Morgan fingerprint density at radius 1 is 1.09 bits per heavy atom. The molecular weight excluding hydrogens is 463 g/mol. The molecule has 0 fully saturated rings. The van der Waals surface area contributed by atoms with Gasteiger partial charge >= 0.3 is 24.3 Å². The molecule has 12 heteroatoms. The number of hydrogen-bond donors (Lipinski definition) is 2. The van der Waals surface area contributed by atoms with E-state index >= 15 is 0 Å². The number of amides is 3. The lowest BCUT2D eigenvalue weighted by molar-refractivity contribution is -0.136. The smallest absolute Gasteiger partial charge is 0.418 e. The van der Waals surface area contributed by atoms with Gasteiger partial charge in [-0.25, -0.2) is 14.4 Å². The third-order valence-electron chi connectivity index (χ3n) is 4.77. The van der Waals surface area contributed by atoms with Crippen molar-refractivity contribution in [3.8, 4) is 0 Å². The molecule has 33 heavy (non-hydrogen) atoms. The van der Waals surface area contributed by atoms with E-state index in [0.29, 0.717) is 23.4 Å². The zero-order valence-electron chi connectivity index (χ0n) is 17.9. The van der Waals surface area contributed by atoms with Crippen LogP contribution in [0.4, 0.5) is 33.4 Å². The van der Waals surface area contributed by atoms with Crippen LogP contribution in [0.1, 0.15) is 40.2 Å². The number of carbonyl (C=O) groups is 3. The molecule has 3 amide bonds. The van der Waals surface area contributed by atoms with E-state index in [4.69, 9.17) is 9.47 Å². The topological polar surface area (TPSA) is 97.0 Å². The van der Waals surface area contributed by atoms with Crippen molar-refractivity contribution in [1.82, 2.24) is 4.90 Å². The summed E-state index contributed by atoms with van der Waals surface area (Å²) in [4.78, 5) is 39.3. The first-order valence-electron chi connectivity index (χ1n) is 10.1. The first-order valence-corrected chi connectivity index (χ1v) is 10.9. The lowest BCUT2D eigenvalue weighted by Crippen LogP contribution is -2.36. The highest BCUT2D eigenvalue weighted by atomic mass is 32.1. The number of alkyl halides is 3. The number of nitrogens with one attached hydrogen (secondary N) is 2. The van der Waals surface area contributed by atoms with Crippen LogP contribution in [-0.4, -0.2) is 42.8 Å². The Hall–Kier alpha value is -3.28. The lowest BCUT2D eigenvalue weighted by Gasteiger charge is -2.26. The summed E-state index contributed by atoms with van der Waals surface area (Å²) in [5.74, 6) is -0.662. The van der Waals surface area contributed by atoms with Crippen LogP contribution in [-0.2, 0) is 28.6 Å². The van der Waals surface area contributed by atoms with E-state index in [-0.39, 0.29) is 30.3 Å². The predicted molar refractivity (Wildman–Crippen MR) is 115 cm³/mol. The van der Waals surface area contributed by atoms with Gasteiger partial charge in [0.2, 0.25) is 0 Å². The molecule has 1 aliphatic rings. The quantitative estimate of drug-likeness (QED) is 0.575. The number of thiophene rings is 1. The lowest BCUT2D eigenvalue weighted by atomic mass is 10.0. The van der Waals surface area contributed by atoms with Crippen molar-refractivity contribution in [2.24, 2.45) is 0 Å². The van der Waals surface area contributed by atoms with Crippen LogP contribution in [0.25, 0.3) is 0 Å². The zero-order chi connectivity index (χ0) is 24.2. The van der Waals surface area contributed by atoms with E-state index in [9.17, 15) is 27.6 Å². The molecule has 0 atom stereocenters. The summed E-state index contributed by atoms with van der Waals surface area (Å²) in [6.07, 6.45) is -4.82. The highest BCUT2D eigenvalue weighted by molar-refractivity contribution is 7.17. The van der Waals surface area contributed by atoms with Crippen LogP contribution in [0.2, 0.25) is 0 Å². The maximum Gasteiger partial charge on any atom is 0.418 e. The first-order chi connectivity index (χ1) is 15.7. The Kier molecular flexibility index (Phi) is 7.46. The van der Waals surface area contributed by atoms with Crippen molar-refractivity contribution >= 4 is 40.1 Å². The Bertz CT molecular complexity index is 1050. The minimum Gasteiger partial charge on any atom is -0.462 e. The van der Waals surface area contributed by atoms with Crippen LogP contribution in [0.15, 0.2) is 24.3 Å². The van der Waals surface area contributed by atoms with E-state index < -0.39 is 35.5 Å². The van der Waals surface area contributed by atoms with Crippen molar-refractivity contribution in [3.63, 3.8) is 0 Å². The number of anilines is 2. The summed E-state index contributed by atoms with van der Waals surface area (Å²) in [7, 11) is 0. The highest BCUT2D eigenvalue weighted by Gasteiger charge is 2.34. The fourth-order valence-corrected chi connectivity index (χ4v) is 4.62. The normalized spacial score (nSPS) is 13.2. The van der Waals surface area contributed by atoms with Crippen molar-refractivity contribution < 1.29 is 37.0 Å². The Labute approximate surface area is 191 Å². The van der Waals surface area contributed by atoms with Crippen LogP contribution in [0, 0.1) is 0 Å². The van der Waals surface area contributed by atoms with E-state index in [1.54, 1.807) is 13.8 Å². The Morgan fingerprint density at radius 2 is 1.79 bits per heavy atom. The summed E-state index contributed by atoms with van der Waals surface area (Å²) >= 11 is 1.06. The van der Waals surface area contributed by atoms with E-state index in [1.807, 2.05) is 0 Å². The number of benzene rings is 1. The maximum absolute atomic E-state index is 13.2. The van der Waals surface area contributed by atoms with Gasteiger partial charge in [-0.3, -0.25) is 5.32 Å². The molecule has 0 saturated heterocycles. The molecule has 0 unspecified atom stereocenters. The van der Waals surface area contributed by atoms with Gasteiger partial charge in [-0.1, -0.05) is 12.1 Å². The van der Waals surface area contributed by atoms with Crippen LogP contribution < -0.4 is 10.6 Å². The van der Waals surface area contributed by atoms with Crippen molar-refractivity contribution in [2.45, 2.75) is 33.0 Å². The van der Waals surface area contributed by atoms with Crippen LogP contribution in [0.5, 0.6) is 0 Å². The monoisotopic (exact) mass is 485 g/mol. The minimum atomic E-state index is -4.65. The van der Waals surface area contributed by atoms with Gasteiger partial charge in [0.25, 0.3) is 0 Å². The molecule has 3 rings (SSSR count). The molecule has 2 aromatic rings. The van der Waals surface area contributed by atoms with Gasteiger partial charge in [-0.05, 0) is 38.0 Å². The molecule has 0 radical (unpaired) electrons. The largest absolute Gasteiger partial charge is 0.462 e. The Morgan fingerprint density at radius 3 is 2.45 bits per heavy atom. The number of halogens is 3. The fourth-order valence-electron chi connectivity index (χ4n) is 3.38. The molecule has 2 N–H and O–H groups in total. The number of carbonyl (C=O) groups excluding carboxylic acids is 3. The van der Waals surface area contributed by atoms with Gasteiger partial charge in [0.15, 0.2) is 0 Å². The molecule has 2 heterocycles. The average molecular weight is 485 g/mol.